The highest BCUT2D eigenvalue weighted by Crippen LogP contribution is 2.28. The minimum absolute atomic E-state index is 0.198. The number of hydrogen-bond donors (Lipinski definition) is 3. The third-order valence-electron chi connectivity index (χ3n) is 4.65. The summed E-state index contributed by atoms with van der Waals surface area (Å²) in [6.45, 7) is 6.86. The summed E-state index contributed by atoms with van der Waals surface area (Å²) in [5.74, 6) is -1.17. The van der Waals surface area contributed by atoms with Gasteiger partial charge in [-0.3, -0.25) is 19.4 Å². The molecule has 0 aliphatic rings. The van der Waals surface area contributed by atoms with E-state index in [1.807, 2.05) is 32.0 Å². The number of primary amides is 1. The molecular weight excluding hydrogens is 380 g/mol. The lowest BCUT2D eigenvalue weighted by Gasteiger charge is -2.10. The standard InChI is InChI=1S/C19H20N4O4S/c1-8-5-6-12(9(2)7-8)21-16(25)14-10(3)13-17(28-14)22-19(27)23(18(13)26)11(4)15(20)24/h5-7,11H,1-4H3,(H2,20,24)(H,21,25)(H,22,27). The van der Waals surface area contributed by atoms with Crippen molar-refractivity contribution < 1.29 is 9.59 Å². The molecule has 0 aliphatic carbocycles. The molecule has 8 nitrogen and oxygen atoms in total. The van der Waals surface area contributed by atoms with Gasteiger partial charge in [0.2, 0.25) is 5.91 Å². The van der Waals surface area contributed by atoms with Crippen LogP contribution in [0.2, 0.25) is 0 Å². The fourth-order valence-corrected chi connectivity index (χ4v) is 4.14. The molecule has 0 saturated carbocycles. The van der Waals surface area contributed by atoms with E-state index in [4.69, 9.17) is 5.73 Å². The fraction of sp³-hybridized carbons (Fsp3) is 0.263. The van der Waals surface area contributed by atoms with Gasteiger partial charge >= 0.3 is 5.69 Å². The molecular formula is C19H20N4O4S. The van der Waals surface area contributed by atoms with Crippen LogP contribution in [0.4, 0.5) is 5.69 Å². The van der Waals surface area contributed by atoms with E-state index in [0.717, 1.165) is 27.0 Å². The van der Waals surface area contributed by atoms with Gasteiger partial charge < -0.3 is 11.1 Å². The van der Waals surface area contributed by atoms with Gasteiger partial charge in [-0.05, 0) is 44.9 Å². The van der Waals surface area contributed by atoms with Crippen LogP contribution in [0.15, 0.2) is 27.8 Å². The van der Waals surface area contributed by atoms with Crippen LogP contribution >= 0.6 is 11.3 Å². The number of benzene rings is 1. The van der Waals surface area contributed by atoms with E-state index in [0.29, 0.717) is 16.1 Å². The topological polar surface area (TPSA) is 127 Å². The Morgan fingerprint density at radius 1 is 1.21 bits per heavy atom. The normalized spacial score (nSPS) is 12.1. The van der Waals surface area contributed by atoms with E-state index < -0.39 is 23.2 Å². The highest BCUT2D eigenvalue weighted by molar-refractivity contribution is 7.20. The van der Waals surface area contributed by atoms with Crippen molar-refractivity contribution in [1.29, 1.82) is 0 Å². The number of aromatic amines is 1. The summed E-state index contributed by atoms with van der Waals surface area (Å²) < 4.78 is 0.774. The van der Waals surface area contributed by atoms with E-state index in [1.54, 1.807) is 6.92 Å². The third-order valence-corrected chi connectivity index (χ3v) is 5.86. The second-order valence-corrected chi connectivity index (χ2v) is 7.74. The van der Waals surface area contributed by atoms with E-state index in [2.05, 4.69) is 10.3 Å². The molecule has 28 heavy (non-hydrogen) atoms. The molecule has 1 aromatic carbocycles. The molecule has 0 saturated heterocycles. The number of rotatable bonds is 4. The monoisotopic (exact) mass is 400 g/mol. The molecule has 0 bridgehead atoms. The van der Waals surface area contributed by atoms with E-state index in [9.17, 15) is 19.2 Å². The first-order chi connectivity index (χ1) is 13.1. The molecule has 1 atom stereocenters. The van der Waals surface area contributed by atoms with Gasteiger partial charge in [-0.15, -0.1) is 11.3 Å². The Labute approximate surface area is 164 Å². The Morgan fingerprint density at radius 2 is 1.89 bits per heavy atom. The van der Waals surface area contributed by atoms with Gasteiger partial charge in [0.15, 0.2) is 0 Å². The maximum absolute atomic E-state index is 12.8. The van der Waals surface area contributed by atoms with Crippen molar-refractivity contribution in [3.8, 4) is 0 Å². The zero-order chi connectivity index (χ0) is 20.7. The highest BCUT2D eigenvalue weighted by Gasteiger charge is 2.23. The number of hydrogen-bond acceptors (Lipinski definition) is 5. The van der Waals surface area contributed by atoms with Gasteiger partial charge in [0.05, 0.1) is 10.3 Å². The van der Waals surface area contributed by atoms with Crippen LogP contribution < -0.4 is 22.3 Å². The van der Waals surface area contributed by atoms with Crippen molar-refractivity contribution in [1.82, 2.24) is 9.55 Å². The summed E-state index contributed by atoms with van der Waals surface area (Å²) in [4.78, 5) is 52.5. The number of nitrogens with two attached hydrogens (primary N) is 1. The Hall–Kier alpha value is -3.20. The fourth-order valence-electron chi connectivity index (χ4n) is 3.06. The molecule has 2 heterocycles. The predicted octanol–water partition coefficient (Wildman–Crippen LogP) is 1.98. The van der Waals surface area contributed by atoms with Gasteiger partial charge in [-0.25, -0.2) is 9.36 Å². The minimum Gasteiger partial charge on any atom is -0.368 e. The Morgan fingerprint density at radius 3 is 2.50 bits per heavy atom. The number of H-pyrrole nitrogens is 1. The second kappa shape index (κ2) is 7.08. The molecule has 9 heteroatoms. The van der Waals surface area contributed by atoms with Crippen molar-refractivity contribution >= 4 is 39.1 Å². The molecule has 0 spiro atoms. The predicted molar refractivity (Wildman–Crippen MR) is 109 cm³/mol. The highest BCUT2D eigenvalue weighted by atomic mass is 32.1. The summed E-state index contributed by atoms with van der Waals surface area (Å²) >= 11 is 1.02. The first kappa shape index (κ1) is 19.6. The van der Waals surface area contributed by atoms with Crippen LogP contribution in [-0.4, -0.2) is 21.4 Å². The molecule has 3 rings (SSSR count). The molecule has 0 aliphatic heterocycles. The second-order valence-electron chi connectivity index (χ2n) is 6.72. The Bertz CT molecular complexity index is 1240. The SMILES string of the molecule is Cc1ccc(NC(=O)c2sc3[nH]c(=O)n(C(C)C(N)=O)c(=O)c3c2C)c(C)c1. The van der Waals surface area contributed by atoms with Crippen molar-refractivity contribution in [2.24, 2.45) is 5.73 Å². The number of anilines is 1. The van der Waals surface area contributed by atoms with Crippen LogP contribution in [0.25, 0.3) is 10.2 Å². The lowest BCUT2D eigenvalue weighted by molar-refractivity contribution is -0.120. The lowest BCUT2D eigenvalue weighted by atomic mass is 10.1. The molecule has 146 valence electrons. The van der Waals surface area contributed by atoms with E-state index in [-0.39, 0.29) is 16.1 Å². The number of thiophene rings is 1. The van der Waals surface area contributed by atoms with Crippen molar-refractivity contribution in [2.75, 3.05) is 5.32 Å². The van der Waals surface area contributed by atoms with Gasteiger partial charge in [0.1, 0.15) is 10.9 Å². The maximum Gasteiger partial charge on any atom is 0.330 e. The quantitative estimate of drug-likeness (QED) is 0.619. The summed E-state index contributed by atoms with van der Waals surface area (Å²) in [7, 11) is 0. The summed E-state index contributed by atoms with van der Waals surface area (Å²) in [5, 5.41) is 3.04. The Balaban J connectivity index is 2.11. The van der Waals surface area contributed by atoms with Gasteiger partial charge in [-0.1, -0.05) is 17.7 Å². The third kappa shape index (κ3) is 3.24. The average Bonchev–Trinajstić information content (AvgIpc) is 2.93. The number of nitrogens with one attached hydrogen (secondary N) is 2. The van der Waals surface area contributed by atoms with Crippen LogP contribution in [0, 0.1) is 20.8 Å². The van der Waals surface area contributed by atoms with Crippen LogP contribution in [0.3, 0.4) is 0 Å². The van der Waals surface area contributed by atoms with Crippen LogP contribution in [-0.2, 0) is 4.79 Å². The first-order valence-corrected chi connectivity index (χ1v) is 9.39. The van der Waals surface area contributed by atoms with Crippen molar-refractivity contribution in [3.63, 3.8) is 0 Å². The molecule has 0 radical (unpaired) electrons. The Kier molecular flexibility index (Phi) is 4.95. The van der Waals surface area contributed by atoms with Crippen molar-refractivity contribution in [2.45, 2.75) is 33.7 Å². The zero-order valence-corrected chi connectivity index (χ0v) is 16.7. The smallest absolute Gasteiger partial charge is 0.330 e. The maximum atomic E-state index is 12.8. The number of carbonyl (C=O) groups is 2. The number of aromatic nitrogens is 2. The number of aryl methyl sites for hydroxylation is 3. The lowest BCUT2D eigenvalue weighted by Crippen LogP contribution is -2.41. The summed E-state index contributed by atoms with van der Waals surface area (Å²) in [6.07, 6.45) is 0. The van der Waals surface area contributed by atoms with E-state index >= 15 is 0 Å². The van der Waals surface area contributed by atoms with Crippen LogP contribution in [0.1, 0.15) is 39.3 Å². The minimum atomic E-state index is -1.10. The summed E-state index contributed by atoms with van der Waals surface area (Å²) in [6, 6.07) is 4.55. The molecule has 2 aromatic heterocycles. The summed E-state index contributed by atoms with van der Waals surface area (Å²) in [5.41, 5.74) is 6.95. The van der Waals surface area contributed by atoms with Gasteiger partial charge in [0.25, 0.3) is 11.5 Å². The molecule has 4 N–H and O–H groups in total. The number of amides is 2. The number of fused-ring (bicyclic) bond motifs is 1. The molecule has 2 amide bonds. The van der Waals surface area contributed by atoms with Gasteiger partial charge in [0, 0.05) is 5.69 Å². The molecule has 1 unspecified atom stereocenters. The number of carbonyl (C=O) groups excluding carboxylic acids is 2. The zero-order valence-electron chi connectivity index (χ0n) is 15.9. The largest absolute Gasteiger partial charge is 0.368 e. The van der Waals surface area contributed by atoms with Crippen molar-refractivity contribution in [3.05, 3.63) is 60.6 Å². The van der Waals surface area contributed by atoms with E-state index in [1.165, 1.54) is 6.92 Å². The molecule has 3 aromatic rings. The molecule has 0 fully saturated rings. The number of nitrogens with zero attached hydrogens (tertiary/aromatic N) is 1. The average molecular weight is 400 g/mol. The van der Waals surface area contributed by atoms with Gasteiger partial charge in [-0.2, -0.15) is 0 Å². The first-order valence-electron chi connectivity index (χ1n) is 8.57. The van der Waals surface area contributed by atoms with Crippen LogP contribution in [0.5, 0.6) is 0 Å².